The second-order valence-electron chi connectivity index (χ2n) is 7.24. The van der Waals surface area contributed by atoms with Crippen LogP contribution < -0.4 is 5.73 Å². The Morgan fingerprint density at radius 2 is 1.86 bits per heavy atom. The van der Waals surface area contributed by atoms with Gasteiger partial charge >= 0.3 is 6.18 Å². The molecule has 0 aliphatic heterocycles. The summed E-state index contributed by atoms with van der Waals surface area (Å²) < 4.78 is 39.6. The Balaban J connectivity index is 1.57. The predicted octanol–water partition coefficient (Wildman–Crippen LogP) is 4.80. The summed E-state index contributed by atoms with van der Waals surface area (Å²) in [6, 6.07) is 5.64. The Kier molecular flexibility index (Phi) is 5.01. The first kappa shape index (κ1) is 19.1. The molecule has 1 aliphatic rings. The summed E-state index contributed by atoms with van der Waals surface area (Å²) >= 11 is 1.67. The average Bonchev–Trinajstić information content (AvgIpc) is 2.99. The van der Waals surface area contributed by atoms with Crippen LogP contribution in [0.5, 0.6) is 0 Å². The van der Waals surface area contributed by atoms with Gasteiger partial charge in [0, 0.05) is 11.4 Å². The Morgan fingerprint density at radius 1 is 1.11 bits per heavy atom. The normalized spacial score (nSPS) is 14.6. The molecule has 148 valence electrons. The van der Waals surface area contributed by atoms with Crippen LogP contribution in [0.2, 0.25) is 0 Å². The van der Waals surface area contributed by atoms with Crippen LogP contribution in [0.25, 0.3) is 10.2 Å². The average molecular weight is 406 g/mol. The third-order valence-electron chi connectivity index (χ3n) is 5.06. The molecular formula is C20H21F3N4S. The second kappa shape index (κ2) is 7.33. The zero-order chi connectivity index (χ0) is 19.9. The van der Waals surface area contributed by atoms with E-state index in [2.05, 4.69) is 9.97 Å². The number of nitrogen functional groups attached to an aromatic ring is 1. The Morgan fingerprint density at radius 3 is 2.64 bits per heavy atom. The Hall–Kier alpha value is -2.19. The Bertz CT molecular complexity index is 1010. The quantitative estimate of drug-likeness (QED) is 0.676. The molecule has 0 bridgehead atoms. The van der Waals surface area contributed by atoms with E-state index in [1.165, 1.54) is 29.0 Å². The highest BCUT2D eigenvalue weighted by Crippen LogP contribution is 2.38. The molecule has 0 spiro atoms. The monoisotopic (exact) mass is 406 g/mol. The van der Waals surface area contributed by atoms with Gasteiger partial charge in [0.1, 0.15) is 16.5 Å². The molecule has 2 heterocycles. The highest BCUT2D eigenvalue weighted by Gasteiger charge is 2.33. The summed E-state index contributed by atoms with van der Waals surface area (Å²) in [4.78, 5) is 13.1. The standard InChI is InChI=1S/C20H21F3N4S/c1-27(10-12-6-2-4-8-14(12)20(21,22)23)11-16-25-18(24)17-13-7-3-5-9-15(13)28-19(17)26-16/h2,4,6,8H,3,5,7,9-11H2,1H3,(H2,24,25,26). The third kappa shape index (κ3) is 3.71. The van der Waals surface area contributed by atoms with Crippen molar-refractivity contribution in [1.82, 2.24) is 14.9 Å². The van der Waals surface area contributed by atoms with Gasteiger partial charge in [-0.2, -0.15) is 13.2 Å². The Labute approximate surface area is 165 Å². The van der Waals surface area contributed by atoms with Gasteiger partial charge in [0.05, 0.1) is 17.5 Å². The van der Waals surface area contributed by atoms with Gasteiger partial charge in [-0.05, 0) is 49.9 Å². The first-order valence-electron chi connectivity index (χ1n) is 9.23. The van der Waals surface area contributed by atoms with Gasteiger partial charge in [0.15, 0.2) is 0 Å². The summed E-state index contributed by atoms with van der Waals surface area (Å²) in [6.45, 7) is 0.479. The third-order valence-corrected chi connectivity index (χ3v) is 6.25. The lowest BCUT2D eigenvalue weighted by atomic mass is 9.97. The molecule has 0 radical (unpaired) electrons. The lowest BCUT2D eigenvalue weighted by Crippen LogP contribution is -2.21. The van der Waals surface area contributed by atoms with E-state index in [-0.39, 0.29) is 12.1 Å². The number of nitrogens with two attached hydrogens (primary N) is 1. The molecule has 0 saturated heterocycles. The van der Waals surface area contributed by atoms with Crippen molar-refractivity contribution in [2.45, 2.75) is 44.9 Å². The summed E-state index contributed by atoms with van der Waals surface area (Å²) in [5, 5.41) is 0.966. The lowest BCUT2D eigenvalue weighted by molar-refractivity contribution is -0.138. The minimum atomic E-state index is -4.37. The molecule has 4 nitrogen and oxygen atoms in total. The van der Waals surface area contributed by atoms with Crippen molar-refractivity contribution in [2.75, 3.05) is 12.8 Å². The van der Waals surface area contributed by atoms with E-state index in [1.807, 2.05) is 0 Å². The fourth-order valence-corrected chi connectivity index (χ4v) is 5.11. The van der Waals surface area contributed by atoms with Crippen molar-refractivity contribution in [3.63, 3.8) is 0 Å². The van der Waals surface area contributed by atoms with Crippen LogP contribution in [0.1, 0.15) is 40.2 Å². The van der Waals surface area contributed by atoms with Crippen LogP contribution >= 0.6 is 11.3 Å². The number of benzene rings is 1. The molecule has 8 heteroatoms. The number of anilines is 1. The van der Waals surface area contributed by atoms with Gasteiger partial charge in [0.25, 0.3) is 0 Å². The molecule has 0 atom stereocenters. The zero-order valence-corrected chi connectivity index (χ0v) is 16.3. The van der Waals surface area contributed by atoms with E-state index in [9.17, 15) is 13.2 Å². The van der Waals surface area contributed by atoms with Gasteiger partial charge in [-0.25, -0.2) is 9.97 Å². The fourth-order valence-electron chi connectivity index (χ4n) is 3.83. The minimum absolute atomic E-state index is 0.151. The number of alkyl halides is 3. The number of nitrogens with zero attached hydrogens (tertiary/aromatic N) is 3. The number of thiophene rings is 1. The molecule has 0 unspecified atom stereocenters. The summed E-state index contributed by atoms with van der Waals surface area (Å²) in [5.41, 5.74) is 7.13. The molecule has 3 aromatic rings. The maximum Gasteiger partial charge on any atom is 0.416 e. The number of aromatic nitrogens is 2. The first-order valence-corrected chi connectivity index (χ1v) is 10.0. The summed E-state index contributed by atoms with van der Waals surface area (Å²) in [7, 11) is 1.76. The van der Waals surface area contributed by atoms with E-state index in [0.717, 1.165) is 35.5 Å². The first-order chi connectivity index (χ1) is 13.3. The number of hydrogen-bond donors (Lipinski definition) is 1. The van der Waals surface area contributed by atoms with Crippen LogP contribution in [0, 0.1) is 0 Å². The van der Waals surface area contributed by atoms with E-state index < -0.39 is 11.7 Å². The predicted molar refractivity (Wildman–Crippen MR) is 105 cm³/mol. The zero-order valence-electron chi connectivity index (χ0n) is 15.5. The fraction of sp³-hybridized carbons (Fsp3) is 0.400. The van der Waals surface area contributed by atoms with Crippen molar-refractivity contribution < 1.29 is 13.2 Å². The van der Waals surface area contributed by atoms with E-state index in [4.69, 9.17) is 5.73 Å². The van der Waals surface area contributed by atoms with E-state index in [0.29, 0.717) is 18.2 Å². The maximum atomic E-state index is 13.2. The van der Waals surface area contributed by atoms with Gasteiger partial charge in [-0.15, -0.1) is 11.3 Å². The van der Waals surface area contributed by atoms with Crippen LogP contribution in [0.15, 0.2) is 24.3 Å². The van der Waals surface area contributed by atoms with Gasteiger partial charge in [-0.3, -0.25) is 4.90 Å². The molecule has 2 N–H and O–H groups in total. The van der Waals surface area contributed by atoms with E-state index >= 15 is 0 Å². The van der Waals surface area contributed by atoms with Crippen LogP contribution in [0.4, 0.5) is 19.0 Å². The van der Waals surface area contributed by atoms with Crippen LogP contribution in [-0.2, 0) is 32.1 Å². The second-order valence-corrected chi connectivity index (χ2v) is 8.33. The van der Waals surface area contributed by atoms with Crippen molar-refractivity contribution in [1.29, 1.82) is 0 Å². The smallest absolute Gasteiger partial charge is 0.383 e. The number of halogens is 3. The molecule has 4 rings (SSSR count). The molecule has 0 saturated carbocycles. The lowest BCUT2D eigenvalue weighted by Gasteiger charge is -2.19. The largest absolute Gasteiger partial charge is 0.416 e. The van der Waals surface area contributed by atoms with Gasteiger partial charge in [-0.1, -0.05) is 18.2 Å². The SMILES string of the molecule is CN(Cc1nc(N)c2c3c(sc2n1)CCCC3)Cc1ccccc1C(F)(F)F. The molecule has 2 aromatic heterocycles. The topological polar surface area (TPSA) is 55.0 Å². The molecule has 0 fully saturated rings. The molecule has 1 aliphatic carbocycles. The van der Waals surface area contributed by atoms with Crippen molar-refractivity contribution in [2.24, 2.45) is 0 Å². The number of fused-ring (bicyclic) bond motifs is 3. The summed E-state index contributed by atoms with van der Waals surface area (Å²) in [5.74, 6) is 1.01. The molecule has 0 amide bonds. The van der Waals surface area contributed by atoms with Crippen molar-refractivity contribution >= 4 is 27.4 Å². The van der Waals surface area contributed by atoms with Gasteiger partial charge in [0.2, 0.25) is 0 Å². The molecule has 28 heavy (non-hydrogen) atoms. The van der Waals surface area contributed by atoms with Crippen molar-refractivity contribution in [3.8, 4) is 0 Å². The maximum absolute atomic E-state index is 13.2. The minimum Gasteiger partial charge on any atom is -0.383 e. The van der Waals surface area contributed by atoms with Crippen LogP contribution in [-0.4, -0.2) is 21.9 Å². The highest BCUT2D eigenvalue weighted by molar-refractivity contribution is 7.19. The number of hydrogen-bond acceptors (Lipinski definition) is 5. The molecule has 1 aromatic carbocycles. The highest BCUT2D eigenvalue weighted by atomic mass is 32.1. The molecular weight excluding hydrogens is 385 g/mol. The number of rotatable bonds is 4. The van der Waals surface area contributed by atoms with Crippen LogP contribution in [0.3, 0.4) is 0 Å². The summed E-state index contributed by atoms with van der Waals surface area (Å²) in [6.07, 6.45) is 0.0334. The van der Waals surface area contributed by atoms with E-state index in [1.54, 1.807) is 29.4 Å². The van der Waals surface area contributed by atoms with Crippen molar-refractivity contribution in [3.05, 3.63) is 51.7 Å². The number of aryl methyl sites for hydroxylation is 2. The van der Waals surface area contributed by atoms with Gasteiger partial charge < -0.3 is 5.73 Å².